The number of aliphatic hydroxyl groups excluding tert-OH is 3. The van der Waals surface area contributed by atoms with Crippen molar-refractivity contribution in [2.45, 2.75) is 167 Å². The van der Waals surface area contributed by atoms with E-state index in [-0.39, 0.29) is 43.4 Å². The first-order valence-electron chi connectivity index (χ1n) is 30.4. The van der Waals surface area contributed by atoms with E-state index in [1.54, 1.807) is 40.3 Å². The average molecular weight is 1220 g/mol. The van der Waals surface area contributed by atoms with Crippen LogP contribution in [0.2, 0.25) is 0 Å². The first kappa shape index (κ1) is 64.6. The largest absolute Gasteiger partial charge is 0.445 e. The van der Waals surface area contributed by atoms with Gasteiger partial charge in [0, 0.05) is 55.6 Å². The number of ether oxygens (including phenoxy) is 3. The summed E-state index contributed by atoms with van der Waals surface area (Å²) in [6, 6.07) is 21.5. The number of nitrogens with zero attached hydrogens (tertiary/aromatic N) is 5. The molecule has 0 bridgehead atoms. The van der Waals surface area contributed by atoms with E-state index in [0.717, 1.165) is 11.1 Å². The minimum absolute atomic E-state index is 0.000831. The zero-order valence-corrected chi connectivity index (χ0v) is 51.3. The maximum absolute atomic E-state index is 16.0. The molecule has 9 rings (SSSR count). The van der Waals surface area contributed by atoms with Gasteiger partial charge in [0.2, 0.25) is 23.6 Å². The zero-order chi connectivity index (χ0) is 63.4. The quantitative estimate of drug-likeness (QED) is 0.0430. The van der Waals surface area contributed by atoms with E-state index in [9.17, 15) is 34.5 Å². The fourth-order valence-electron chi connectivity index (χ4n) is 12.4. The number of aromatic nitrogens is 2. The van der Waals surface area contributed by atoms with Crippen molar-refractivity contribution >= 4 is 57.6 Å². The third kappa shape index (κ3) is 13.7. The number of H-pyrrole nitrogens is 1. The number of hydrogen-bond donors (Lipinski definition) is 6. The van der Waals surface area contributed by atoms with Gasteiger partial charge in [0.05, 0.1) is 23.0 Å². The zero-order valence-electron chi connectivity index (χ0n) is 51.3. The summed E-state index contributed by atoms with van der Waals surface area (Å²) in [7, 11) is 2.90. The van der Waals surface area contributed by atoms with Crippen LogP contribution in [0, 0.1) is 23.5 Å². The van der Waals surface area contributed by atoms with Crippen molar-refractivity contribution in [2.75, 3.05) is 27.2 Å². The molecule has 0 radical (unpaired) electrons. The molecule has 3 fully saturated rings. The highest BCUT2D eigenvalue weighted by Gasteiger charge is 2.46. The second kappa shape index (κ2) is 27.6. The number of aromatic amines is 1. The highest BCUT2D eigenvalue weighted by atomic mass is 19.1. The van der Waals surface area contributed by atoms with E-state index in [2.05, 4.69) is 15.6 Å². The van der Waals surface area contributed by atoms with Crippen molar-refractivity contribution in [1.82, 2.24) is 39.8 Å². The van der Waals surface area contributed by atoms with Crippen molar-refractivity contribution in [3.8, 4) is 11.4 Å². The van der Waals surface area contributed by atoms with Crippen LogP contribution in [-0.4, -0.2) is 168 Å². The molecule has 22 heteroatoms. The maximum Gasteiger partial charge on any atom is 0.410 e. The molecule has 6 aromatic rings. The van der Waals surface area contributed by atoms with Crippen molar-refractivity contribution in [3.05, 3.63) is 131 Å². The van der Waals surface area contributed by atoms with Crippen LogP contribution in [0.5, 0.6) is 0 Å². The lowest BCUT2D eigenvalue weighted by Gasteiger charge is -2.41. The number of rotatable bonds is 20. The molecule has 88 heavy (non-hydrogen) atoms. The Balaban J connectivity index is 1.06. The molecule has 6 N–H and O–H groups in total. The minimum Gasteiger partial charge on any atom is -0.445 e. The van der Waals surface area contributed by atoms with Gasteiger partial charge in [-0.2, -0.15) is 0 Å². The number of carbonyl (C=O) groups excluding carboxylic acids is 6. The van der Waals surface area contributed by atoms with Gasteiger partial charge in [-0.3, -0.25) is 29.0 Å². The number of hydrogen-bond acceptors (Lipinski definition) is 12. The van der Waals surface area contributed by atoms with E-state index in [1.807, 2.05) is 88.4 Å². The van der Waals surface area contributed by atoms with Crippen LogP contribution >= 0.6 is 0 Å². The molecule has 3 aliphatic rings. The number of benzene rings is 4. The number of fused-ring (bicyclic) bond motifs is 2. The fourth-order valence-corrected chi connectivity index (χ4v) is 12.4. The second-order valence-electron chi connectivity index (χ2n) is 24.4. The molecule has 1 unspecified atom stereocenters. The summed E-state index contributed by atoms with van der Waals surface area (Å²) in [5.74, 6) is -3.87. The summed E-state index contributed by atoms with van der Waals surface area (Å²) in [6.07, 6.45) is -6.46. The van der Waals surface area contributed by atoms with Gasteiger partial charge in [-0.1, -0.05) is 88.4 Å². The Kier molecular flexibility index (Phi) is 20.3. The SMILES string of the molecule is CC(C)[C@H](NC(=O)[C@H](C)N(C)C(=O)OCc1ccccc1)C(=O)N1CCCC1Cc1c(-c2c(C[C@@H]3CCCN3C(=O)[C@@H](NC(=O)[C@H](C)N(C)C(=O)OCc3ccccc3)C(C)C)c3ccc(F)cc3n2[C@H]2O[C@@H](C)[C@@H](O)[C@@H](O)[C@@H]2O)[nH]c2cc(F)ccc12. The lowest BCUT2D eigenvalue weighted by Crippen LogP contribution is -2.56. The van der Waals surface area contributed by atoms with Gasteiger partial charge in [-0.05, 0) is 130 Å². The normalized spacial score (nSPS) is 21.8. The van der Waals surface area contributed by atoms with Gasteiger partial charge >= 0.3 is 12.2 Å². The van der Waals surface area contributed by atoms with E-state index in [0.29, 0.717) is 77.6 Å². The predicted molar refractivity (Wildman–Crippen MR) is 325 cm³/mol. The molecule has 20 nitrogen and oxygen atoms in total. The van der Waals surface area contributed by atoms with Crippen molar-refractivity contribution in [2.24, 2.45) is 11.8 Å². The van der Waals surface area contributed by atoms with Gasteiger partial charge < -0.3 is 59.5 Å². The third-order valence-electron chi connectivity index (χ3n) is 17.8. The monoisotopic (exact) mass is 1220 g/mol. The Labute approximate surface area is 511 Å². The van der Waals surface area contributed by atoms with Gasteiger partial charge in [-0.25, -0.2) is 18.4 Å². The van der Waals surface area contributed by atoms with Crippen LogP contribution in [0.1, 0.15) is 103 Å². The number of halogens is 2. The summed E-state index contributed by atoms with van der Waals surface area (Å²) in [5.41, 5.74) is 4.07. The van der Waals surface area contributed by atoms with E-state index in [4.69, 9.17) is 14.2 Å². The minimum atomic E-state index is -1.78. The van der Waals surface area contributed by atoms with Gasteiger partial charge in [-0.15, -0.1) is 0 Å². The molecule has 472 valence electrons. The van der Waals surface area contributed by atoms with Crippen LogP contribution in [-0.2, 0) is 59.4 Å². The number of aliphatic hydroxyl groups is 3. The molecule has 2 aromatic heterocycles. The Morgan fingerprint density at radius 2 is 1.10 bits per heavy atom. The van der Waals surface area contributed by atoms with Crippen LogP contribution in [0.4, 0.5) is 18.4 Å². The Hall–Kier alpha value is -7.92. The Morgan fingerprint density at radius 3 is 1.59 bits per heavy atom. The van der Waals surface area contributed by atoms with Crippen molar-refractivity contribution in [3.63, 3.8) is 0 Å². The first-order chi connectivity index (χ1) is 41.9. The molecule has 6 amide bonds. The van der Waals surface area contributed by atoms with E-state index < -0.39 is 114 Å². The fraction of sp³-hybridized carbons (Fsp3) is 0.485. The number of likely N-dealkylation sites (N-methyl/N-ethyl adjacent to an activating group) is 2. The number of amides is 6. The van der Waals surface area contributed by atoms with Crippen LogP contribution in [0.3, 0.4) is 0 Å². The average Bonchev–Trinajstić information content (AvgIpc) is 1.58. The number of nitrogens with one attached hydrogen (secondary N) is 3. The molecule has 5 heterocycles. The Morgan fingerprint density at radius 1 is 0.636 bits per heavy atom. The molecule has 11 atom stereocenters. The summed E-state index contributed by atoms with van der Waals surface area (Å²) >= 11 is 0. The Bertz CT molecular complexity index is 3490. The van der Waals surface area contributed by atoms with E-state index >= 15 is 18.4 Å². The molecule has 0 spiro atoms. The lowest BCUT2D eigenvalue weighted by atomic mass is 9.94. The molecular formula is C66H82F2N8O12. The third-order valence-corrected chi connectivity index (χ3v) is 17.8. The van der Waals surface area contributed by atoms with Crippen molar-refractivity contribution < 1.29 is 67.1 Å². The van der Waals surface area contributed by atoms with Gasteiger partial charge in [0.1, 0.15) is 67.3 Å². The second-order valence-corrected chi connectivity index (χ2v) is 24.4. The van der Waals surface area contributed by atoms with Crippen molar-refractivity contribution in [1.29, 1.82) is 0 Å². The first-order valence-corrected chi connectivity index (χ1v) is 30.4. The molecular weight excluding hydrogens is 1130 g/mol. The molecule has 3 aliphatic heterocycles. The predicted octanol–water partition coefficient (Wildman–Crippen LogP) is 7.73. The van der Waals surface area contributed by atoms with Gasteiger partial charge in [0.15, 0.2) is 6.23 Å². The van der Waals surface area contributed by atoms with Crippen LogP contribution in [0.15, 0.2) is 97.1 Å². The smallest absolute Gasteiger partial charge is 0.410 e. The van der Waals surface area contributed by atoms with E-state index in [1.165, 1.54) is 55.1 Å². The summed E-state index contributed by atoms with van der Waals surface area (Å²) in [4.78, 5) is 93.7. The number of carbonyl (C=O) groups is 6. The lowest BCUT2D eigenvalue weighted by molar-refractivity contribution is -0.238. The maximum atomic E-state index is 16.0. The summed E-state index contributed by atoms with van der Waals surface area (Å²) in [6.45, 7) is 12.5. The topological polar surface area (TPSA) is 249 Å². The highest BCUT2D eigenvalue weighted by molar-refractivity contribution is 5.98. The molecule has 0 aliphatic carbocycles. The van der Waals surface area contributed by atoms with Crippen LogP contribution in [0.25, 0.3) is 33.2 Å². The number of likely N-dealkylation sites (tertiary alicyclic amines) is 2. The standard InChI is InChI=1S/C66H82F2N8O12/c1-36(2)53(70-60(80)38(5)72(8)65(84)86-34-41-18-12-10-13-19-41)62(82)74-28-16-22-45(74)32-49-47-26-24-43(67)30-51(47)69-55(49)56-50(48-27-25-44(68)31-52(48)76(56)64-59(79)58(78)57(77)40(7)88-64)33-46-23-17-29-75(46)63(83)54(37(3)4)71-61(81)39(6)73(9)66(85)87-35-42-20-14-11-15-21-42/h10-15,18-21,24-27,30-31,36-40,45-46,53-54,57-59,64,69,77-79H,16-17,22-23,28-29,32-35H2,1-9H3,(H,70,80)(H,71,81)/t38-,39-,40-,45?,46-,53-,54-,57+,58+,59-,64-/m0/s1. The molecule has 4 aromatic carbocycles. The summed E-state index contributed by atoms with van der Waals surface area (Å²) < 4.78 is 50.5. The summed E-state index contributed by atoms with van der Waals surface area (Å²) in [5, 5.41) is 41.4. The van der Waals surface area contributed by atoms with Gasteiger partial charge in [0.25, 0.3) is 0 Å². The van der Waals surface area contributed by atoms with Crippen LogP contribution < -0.4 is 10.6 Å². The molecule has 3 saturated heterocycles. The molecule has 0 saturated carbocycles. The highest BCUT2D eigenvalue weighted by Crippen LogP contribution is 2.45.